The van der Waals surface area contributed by atoms with Crippen LogP contribution in [0, 0.1) is 0 Å². The van der Waals surface area contributed by atoms with Crippen molar-refractivity contribution in [3.05, 3.63) is 94.0 Å². The molecule has 1 atom stereocenters. The van der Waals surface area contributed by atoms with Gasteiger partial charge in [0.1, 0.15) is 6.04 Å². The van der Waals surface area contributed by atoms with Crippen LogP contribution >= 0.6 is 23.2 Å². The number of aliphatic carboxylic acids is 1. The molecule has 3 aromatic rings. The van der Waals surface area contributed by atoms with Crippen molar-refractivity contribution in [2.75, 3.05) is 0 Å². The molecule has 6 nitrogen and oxygen atoms in total. The van der Waals surface area contributed by atoms with Gasteiger partial charge < -0.3 is 15.7 Å². The van der Waals surface area contributed by atoms with E-state index in [1.807, 2.05) is 42.5 Å². The van der Waals surface area contributed by atoms with Gasteiger partial charge in [0.2, 0.25) is 5.91 Å². The molecule has 0 aromatic heterocycles. The largest absolute Gasteiger partial charge is 0.481 e. The molecule has 0 radical (unpaired) electrons. The number of nitrogens with one attached hydrogen (secondary N) is 2. The summed E-state index contributed by atoms with van der Waals surface area (Å²) in [4.78, 5) is 36.5. The van der Waals surface area contributed by atoms with Gasteiger partial charge in [0, 0.05) is 28.6 Å². The van der Waals surface area contributed by atoms with E-state index in [0.717, 1.165) is 11.1 Å². The summed E-state index contributed by atoms with van der Waals surface area (Å²) in [6.07, 6.45) is -0.323. The molecular formula is C25H22Cl2N2O4. The van der Waals surface area contributed by atoms with Gasteiger partial charge in [0.15, 0.2) is 0 Å². The normalized spacial score (nSPS) is 11.5. The second kappa shape index (κ2) is 11.5. The minimum atomic E-state index is -1.06. The number of amides is 2. The first-order valence-corrected chi connectivity index (χ1v) is 11.0. The smallest absolute Gasteiger partial charge is 0.303 e. The Labute approximate surface area is 201 Å². The highest BCUT2D eigenvalue weighted by Crippen LogP contribution is 2.21. The lowest BCUT2D eigenvalue weighted by atomic mass is 10.0. The molecule has 0 fully saturated rings. The second-order valence-electron chi connectivity index (χ2n) is 7.36. The third-order valence-electron chi connectivity index (χ3n) is 4.99. The highest BCUT2D eigenvalue weighted by atomic mass is 35.5. The summed E-state index contributed by atoms with van der Waals surface area (Å²) in [5.41, 5.74) is 2.98. The third kappa shape index (κ3) is 7.07. The van der Waals surface area contributed by atoms with Gasteiger partial charge in [-0.3, -0.25) is 14.4 Å². The maximum atomic E-state index is 12.7. The Morgan fingerprint density at radius 1 is 0.879 bits per heavy atom. The van der Waals surface area contributed by atoms with E-state index in [1.165, 1.54) is 0 Å². The number of carboxylic acid groups (broad SMARTS) is 1. The summed E-state index contributed by atoms with van der Waals surface area (Å²) in [5, 5.41) is 15.2. The Kier molecular flexibility index (Phi) is 8.46. The Balaban J connectivity index is 1.67. The van der Waals surface area contributed by atoms with E-state index >= 15 is 0 Å². The summed E-state index contributed by atoms with van der Waals surface area (Å²) < 4.78 is 0. The van der Waals surface area contributed by atoms with E-state index in [2.05, 4.69) is 10.6 Å². The van der Waals surface area contributed by atoms with Crippen LogP contribution in [0.5, 0.6) is 0 Å². The Bertz CT molecular complexity index is 1130. The average Bonchev–Trinajstić information content (AvgIpc) is 2.81. The van der Waals surface area contributed by atoms with Gasteiger partial charge in [-0.05, 0) is 47.4 Å². The number of rotatable bonds is 9. The van der Waals surface area contributed by atoms with Crippen molar-refractivity contribution in [1.29, 1.82) is 0 Å². The summed E-state index contributed by atoms with van der Waals surface area (Å²) in [7, 11) is 0. The van der Waals surface area contributed by atoms with E-state index in [1.54, 1.807) is 30.3 Å². The zero-order chi connectivity index (χ0) is 23.8. The molecule has 3 rings (SSSR count). The fourth-order valence-corrected chi connectivity index (χ4v) is 3.67. The van der Waals surface area contributed by atoms with Gasteiger partial charge in [-0.2, -0.15) is 0 Å². The molecule has 0 aliphatic carbocycles. The van der Waals surface area contributed by atoms with Crippen LogP contribution in [-0.4, -0.2) is 28.9 Å². The fourth-order valence-electron chi connectivity index (χ4n) is 3.19. The number of carbonyl (C=O) groups excluding carboxylic acids is 2. The standard InChI is InChI=1S/C25H22Cl2N2O4/c26-20-11-10-19(21(27)14-20)15-28-25(33)22(12-13-23(30)31)29-24(32)18-8-6-17(7-9-18)16-4-2-1-3-5-16/h1-11,14,22H,12-13,15H2,(H,28,33)(H,29,32)(H,30,31)/t22-/m0/s1. The molecule has 33 heavy (non-hydrogen) atoms. The fraction of sp³-hybridized carbons (Fsp3) is 0.160. The molecule has 3 aromatic carbocycles. The van der Waals surface area contributed by atoms with Crippen molar-refractivity contribution in [2.45, 2.75) is 25.4 Å². The first-order valence-electron chi connectivity index (χ1n) is 10.2. The quantitative estimate of drug-likeness (QED) is 0.400. The van der Waals surface area contributed by atoms with Crippen LogP contribution in [-0.2, 0) is 16.1 Å². The van der Waals surface area contributed by atoms with Gasteiger partial charge >= 0.3 is 5.97 Å². The van der Waals surface area contributed by atoms with Gasteiger partial charge in [-0.1, -0.05) is 71.7 Å². The van der Waals surface area contributed by atoms with E-state index < -0.39 is 23.8 Å². The predicted octanol–water partition coefficient (Wildman–Crippen LogP) is 4.94. The van der Waals surface area contributed by atoms with Crippen molar-refractivity contribution in [2.24, 2.45) is 0 Å². The SMILES string of the molecule is O=C(O)CC[C@H](NC(=O)c1ccc(-c2ccccc2)cc1)C(=O)NCc1ccc(Cl)cc1Cl. The Morgan fingerprint density at radius 3 is 2.18 bits per heavy atom. The number of halogens is 2. The van der Waals surface area contributed by atoms with Crippen LogP contribution in [0.15, 0.2) is 72.8 Å². The van der Waals surface area contributed by atoms with E-state index in [0.29, 0.717) is 21.2 Å². The molecule has 0 aliphatic rings. The van der Waals surface area contributed by atoms with Crippen molar-refractivity contribution < 1.29 is 19.5 Å². The average molecular weight is 485 g/mol. The lowest BCUT2D eigenvalue weighted by molar-refractivity contribution is -0.137. The van der Waals surface area contributed by atoms with E-state index in [4.69, 9.17) is 28.3 Å². The minimum Gasteiger partial charge on any atom is -0.481 e. The summed E-state index contributed by atoms with van der Waals surface area (Å²) in [6.45, 7) is 0.111. The Morgan fingerprint density at radius 2 is 1.55 bits per heavy atom. The Hall–Kier alpha value is -3.35. The van der Waals surface area contributed by atoms with Crippen LogP contribution < -0.4 is 10.6 Å². The van der Waals surface area contributed by atoms with Gasteiger partial charge in [0.25, 0.3) is 5.91 Å². The van der Waals surface area contributed by atoms with Crippen molar-refractivity contribution in [3.63, 3.8) is 0 Å². The highest BCUT2D eigenvalue weighted by molar-refractivity contribution is 6.35. The molecule has 0 saturated carbocycles. The molecule has 0 unspecified atom stereocenters. The van der Waals surface area contributed by atoms with E-state index in [-0.39, 0.29) is 19.4 Å². The van der Waals surface area contributed by atoms with Crippen molar-refractivity contribution >= 4 is 41.0 Å². The second-order valence-corrected chi connectivity index (χ2v) is 8.20. The van der Waals surface area contributed by atoms with Crippen LogP contribution in [0.1, 0.15) is 28.8 Å². The first-order chi connectivity index (χ1) is 15.8. The molecule has 3 N–H and O–H groups in total. The number of hydrogen-bond donors (Lipinski definition) is 3. The summed E-state index contributed by atoms with van der Waals surface area (Å²) in [6, 6.07) is 20.6. The maximum absolute atomic E-state index is 12.7. The van der Waals surface area contributed by atoms with Crippen LogP contribution in [0.4, 0.5) is 0 Å². The summed E-state index contributed by atoms with van der Waals surface area (Å²) in [5.74, 6) is -2.03. The van der Waals surface area contributed by atoms with Gasteiger partial charge in [-0.25, -0.2) is 0 Å². The molecule has 0 bridgehead atoms. The monoisotopic (exact) mass is 484 g/mol. The third-order valence-corrected chi connectivity index (χ3v) is 5.58. The molecule has 8 heteroatoms. The highest BCUT2D eigenvalue weighted by Gasteiger charge is 2.22. The van der Waals surface area contributed by atoms with Crippen molar-refractivity contribution in [1.82, 2.24) is 10.6 Å². The van der Waals surface area contributed by atoms with Crippen LogP contribution in [0.3, 0.4) is 0 Å². The molecular weight excluding hydrogens is 463 g/mol. The maximum Gasteiger partial charge on any atom is 0.303 e. The molecule has 0 spiro atoms. The first kappa shape index (κ1) is 24.3. The summed E-state index contributed by atoms with van der Waals surface area (Å²) >= 11 is 12.0. The minimum absolute atomic E-state index is 0.0522. The molecule has 0 aliphatic heterocycles. The van der Waals surface area contributed by atoms with Gasteiger partial charge in [-0.15, -0.1) is 0 Å². The van der Waals surface area contributed by atoms with Crippen LogP contribution in [0.25, 0.3) is 11.1 Å². The van der Waals surface area contributed by atoms with Crippen molar-refractivity contribution in [3.8, 4) is 11.1 Å². The molecule has 170 valence electrons. The van der Waals surface area contributed by atoms with Gasteiger partial charge in [0.05, 0.1) is 0 Å². The predicted molar refractivity (Wildman–Crippen MR) is 128 cm³/mol. The lowest BCUT2D eigenvalue weighted by Gasteiger charge is -2.18. The number of benzene rings is 3. The lowest BCUT2D eigenvalue weighted by Crippen LogP contribution is -2.46. The zero-order valence-corrected chi connectivity index (χ0v) is 19.1. The molecule has 0 saturated heterocycles. The number of hydrogen-bond acceptors (Lipinski definition) is 3. The van der Waals surface area contributed by atoms with Crippen LogP contribution in [0.2, 0.25) is 10.0 Å². The molecule has 0 heterocycles. The zero-order valence-electron chi connectivity index (χ0n) is 17.6. The number of carbonyl (C=O) groups is 3. The number of carboxylic acids is 1. The molecule has 2 amide bonds. The van der Waals surface area contributed by atoms with E-state index in [9.17, 15) is 14.4 Å². The topological polar surface area (TPSA) is 95.5 Å².